The third-order valence-electron chi connectivity index (χ3n) is 3.31. The second-order valence-electron chi connectivity index (χ2n) is 4.91. The van der Waals surface area contributed by atoms with Crippen molar-refractivity contribution in [2.24, 2.45) is 0 Å². The summed E-state index contributed by atoms with van der Waals surface area (Å²) >= 11 is 0. The fourth-order valence-electron chi connectivity index (χ4n) is 2.38. The molecule has 0 spiro atoms. The quantitative estimate of drug-likeness (QED) is 0.568. The Hall–Kier alpha value is -1.45. The first kappa shape index (κ1) is 18.9. The molecule has 1 aliphatic rings. The zero-order valence-electron chi connectivity index (χ0n) is 14.1. The summed E-state index contributed by atoms with van der Waals surface area (Å²) in [6, 6.07) is 0. The summed E-state index contributed by atoms with van der Waals surface area (Å²) in [4.78, 5) is 8.22. The second kappa shape index (κ2) is 8.09. The van der Waals surface area contributed by atoms with Crippen LogP contribution in [0.1, 0.15) is 32.9 Å². The lowest BCUT2D eigenvalue weighted by atomic mass is 10.3. The number of anilines is 1. The van der Waals surface area contributed by atoms with Crippen molar-refractivity contribution in [2.45, 2.75) is 33.5 Å². The smallest absolute Gasteiger partial charge is 0.376 e. The molecule has 2 heterocycles. The topological polar surface area (TPSA) is 124 Å². The molecular formula is C13H24N5O5P. The molecule has 10 nitrogen and oxygen atoms in total. The number of aliphatic hydroxyl groups excluding tert-OH is 1. The molecule has 136 valence electrons. The van der Waals surface area contributed by atoms with Gasteiger partial charge in [0.2, 0.25) is 6.35 Å². The summed E-state index contributed by atoms with van der Waals surface area (Å²) in [5.74, 6) is 0.220. The molecule has 1 atom stereocenters. The number of aromatic nitrogens is 2. The Morgan fingerprint density at radius 2 is 2.04 bits per heavy atom. The van der Waals surface area contributed by atoms with E-state index in [1.165, 1.54) is 15.9 Å². The van der Waals surface area contributed by atoms with Crippen LogP contribution in [0.4, 0.5) is 5.82 Å². The number of fused-ring (bicyclic) bond motifs is 1. The molecular weight excluding hydrogens is 337 g/mol. The van der Waals surface area contributed by atoms with Crippen LogP contribution in [-0.4, -0.2) is 58.7 Å². The SMILES string of the molecule is CCCOC1N(CO)C(=N)c2[nH]cnc2N1P(=O)(OCC)OCC. The van der Waals surface area contributed by atoms with E-state index in [4.69, 9.17) is 19.2 Å². The van der Waals surface area contributed by atoms with Crippen molar-refractivity contribution in [1.29, 1.82) is 5.41 Å². The van der Waals surface area contributed by atoms with E-state index in [-0.39, 0.29) is 24.9 Å². The maximum atomic E-state index is 13.3. The first-order valence-electron chi connectivity index (χ1n) is 7.84. The normalized spacial score (nSPS) is 18.2. The molecule has 3 N–H and O–H groups in total. The van der Waals surface area contributed by atoms with Crippen molar-refractivity contribution in [2.75, 3.05) is 31.2 Å². The Kier molecular flexibility index (Phi) is 6.36. The van der Waals surface area contributed by atoms with Crippen LogP contribution in [-0.2, 0) is 18.3 Å². The molecule has 0 radical (unpaired) electrons. The number of nitrogens with one attached hydrogen (secondary N) is 2. The Morgan fingerprint density at radius 1 is 1.38 bits per heavy atom. The van der Waals surface area contributed by atoms with Gasteiger partial charge < -0.3 is 14.8 Å². The highest BCUT2D eigenvalue weighted by Gasteiger charge is 2.48. The molecule has 0 fully saturated rings. The molecule has 0 amide bonds. The Balaban J connectivity index is 2.55. The van der Waals surface area contributed by atoms with Crippen molar-refractivity contribution in [3.05, 3.63) is 12.0 Å². The highest BCUT2D eigenvalue weighted by Crippen LogP contribution is 2.57. The van der Waals surface area contributed by atoms with Crippen LogP contribution in [0.15, 0.2) is 6.33 Å². The predicted molar refractivity (Wildman–Crippen MR) is 87.7 cm³/mol. The highest BCUT2D eigenvalue weighted by molar-refractivity contribution is 7.55. The summed E-state index contributed by atoms with van der Waals surface area (Å²) in [5.41, 5.74) is 0.306. The van der Waals surface area contributed by atoms with E-state index in [1.807, 2.05) is 6.92 Å². The van der Waals surface area contributed by atoms with Crippen molar-refractivity contribution in [3.8, 4) is 0 Å². The van der Waals surface area contributed by atoms with Crippen LogP contribution in [0.3, 0.4) is 0 Å². The molecule has 1 unspecified atom stereocenters. The minimum atomic E-state index is -3.79. The number of aromatic amines is 1. The number of rotatable bonds is 9. The van der Waals surface area contributed by atoms with Crippen LogP contribution in [0.5, 0.6) is 0 Å². The van der Waals surface area contributed by atoms with Gasteiger partial charge in [0.25, 0.3) is 0 Å². The van der Waals surface area contributed by atoms with Gasteiger partial charge in [0.15, 0.2) is 11.7 Å². The van der Waals surface area contributed by atoms with Gasteiger partial charge in [0, 0.05) is 0 Å². The van der Waals surface area contributed by atoms with Gasteiger partial charge in [-0.15, -0.1) is 0 Å². The molecule has 1 aromatic heterocycles. The average Bonchev–Trinajstić information content (AvgIpc) is 3.02. The molecule has 0 saturated heterocycles. The van der Waals surface area contributed by atoms with Crippen LogP contribution < -0.4 is 4.67 Å². The number of H-pyrrole nitrogens is 1. The molecule has 2 rings (SSSR count). The zero-order chi connectivity index (χ0) is 17.7. The van der Waals surface area contributed by atoms with Gasteiger partial charge in [0.1, 0.15) is 12.4 Å². The fourth-order valence-corrected chi connectivity index (χ4v) is 4.17. The zero-order valence-corrected chi connectivity index (χ0v) is 15.0. The maximum Gasteiger partial charge on any atom is 0.440 e. The first-order chi connectivity index (χ1) is 11.5. The van der Waals surface area contributed by atoms with Gasteiger partial charge in [-0.1, -0.05) is 6.92 Å². The van der Waals surface area contributed by atoms with Crippen LogP contribution in [0.25, 0.3) is 0 Å². The molecule has 11 heteroatoms. The van der Waals surface area contributed by atoms with Crippen molar-refractivity contribution in [3.63, 3.8) is 0 Å². The summed E-state index contributed by atoms with van der Waals surface area (Å²) < 4.78 is 31.2. The van der Waals surface area contributed by atoms with E-state index in [0.717, 1.165) is 0 Å². The van der Waals surface area contributed by atoms with Gasteiger partial charge in [-0.25, -0.2) is 14.2 Å². The summed E-state index contributed by atoms with van der Waals surface area (Å²) in [7, 11) is -3.79. The second-order valence-corrected chi connectivity index (χ2v) is 6.79. The van der Waals surface area contributed by atoms with Crippen molar-refractivity contribution < 1.29 is 23.5 Å². The number of hydrogen-bond donors (Lipinski definition) is 3. The van der Waals surface area contributed by atoms with Gasteiger partial charge in [-0.3, -0.25) is 19.4 Å². The third-order valence-corrected chi connectivity index (χ3v) is 5.39. The summed E-state index contributed by atoms with van der Waals surface area (Å²) in [6.45, 7) is 5.48. The third kappa shape index (κ3) is 3.33. The highest BCUT2D eigenvalue weighted by atomic mass is 31.2. The molecule has 1 aromatic rings. The van der Waals surface area contributed by atoms with E-state index < -0.39 is 20.8 Å². The van der Waals surface area contributed by atoms with Gasteiger partial charge in [-0.05, 0) is 20.3 Å². The van der Waals surface area contributed by atoms with Gasteiger partial charge >= 0.3 is 7.75 Å². The summed E-state index contributed by atoms with van der Waals surface area (Å²) in [6.07, 6.45) is 1.06. The lowest BCUT2D eigenvalue weighted by Crippen LogP contribution is -2.56. The average molecular weight is 361 g/mol. The Labute approximate surface area is 140 Å². The minimum absolute atomic E-state index is 0.0121. The number of ether oxygens (including phenoxy) is 1. The molecule has 0 bridgehead atoms. The van der Waals surface area contributed by atoms with E-state index in [2.05, 4.69) is 9.97 Å². The van der Waals surface area contributed by atoms with Crippen LogP contribution in [0, 0.1) is 5.41 Å². The molecule has 0 aromatic carbocycles. The van der Waals surface area contributed by atoms with Gasteiger partial charge in [0.05, 0.1) is 26.1 Å². The minimum Gasteiger partial charge on any atom is -0.376 e. The fraction of sp³-hybridized carbons (Fsp3) is 0.692. The number of nitrogens with zero attached hydrogens (tertiary/aromatic N) is 3. The molecule has 24 heavy (non-hydrogen) atoms. The lowest BCUT2D eigenvalue weighted by molar-refractivity contribution is -0.0524. The lowest BCUT2D eigenvalue weighted by Gasteiger charge is -2.44. The predicted octanol–water partition coefficient (Wildman–Crippen LogP) is 1.70. The monoisotopic (exact) mass is 361 g/mol. The van der Waals surface area contributed by atoms with Crippen molar-refractivity contribution in [1.82, 2.24) is 14.9 Å². The standard InChI is InChI=1S/C13H24N5O5P/c1-4-7-21-13-17(9-19)11(14)10-12(16-8-15-10)18(13)24(20,22-5-2)23-6-3/h8,13-14,19H,4-7,9H2,1-3H3,(H,15,16). The Morgan fingerprint density at radius 3 is 2.58 bits per heavy atom. The number of imidazole rings is 1. The number of aliphatic hydroxyl groups is 1. The van der Waals surface area contributed by atoms with E-state index in [1.54, 1.807) is 13.8 Å². The molecule has 0 aliphatic carbocycles. The number of amidine groups is 1. The first-order valence-corrected chi connectivity index (χ1v) is 9.33. The maximum absolute atomic E-state index is 13.3. The van der Waals surface area contributed by atoms with Crippen LogP contribution in [0.2, 0.25) is 0 Å². The Bertz CT molecular complexity index is 599. The molecule has 0 saturated carbocycles. The van der Waals surface area contributed by atoms with Crippen molar-refractivity contribution >= 4 is 19.4 Å². The largest absolute Gasteiger partial charge is 0.440 e. The summed E-state index contributed by atoms with van der Waals surface area (Å²) in [5, 5.41) is 17.9. The van der Waals surface area contributed by atoms with E-state index in [0.29, 0.717) is 18.7 Å². The van der Waals surface area contributed by atoms with Gasteiger partial charge in [-0.2, -0.15) is 0 Å². The van der Waals surface area contributed by atoms with Crippen LogP contribution >= 0.6 is 7.75 Å². The number of hydrogen-bond acceptors (Lipinski definition) is 7. The molecule has 1 aliphatic heterocycles. The van der Waals surface area contributed by atoms with E-state index >= 15 is 0 Å². The van der Waals surface area contributed by atoms with E-state index in [9.17, 15) is 9.67 Å².